The molecule has 0 unspecified atom stereocenters. The molecular weight excluding hydrogens is 270 g/mol. The lowest BCUT2D eigenvalue weighted by Gasteiger charge is -2.23. The molecule has 0 saturated heterocycles. The highest BCUT2D eigenvalue weighted by Crippen LogP contribution is 2.27. The van der Waals surface area contributed by atoms with E-state index in [1.807, 2.05) is 12.1 Å². The maximum absolute atomic E-state index is 12.2. The monoisotopic (exact) mass is 287 g/mol. The van der Waals surface area contributed by atoms with Crippen LogP contribution in [-0.4, -0.2) is 10.7 Å². The highest BCUT2D eigenvalue weighted by molar-refractivity contribution is 6.07. The third-order valence-electron chi connectivity index (χ3n) is 3.81. The van der Waals surface area contributed by atoms with Crippen LogP contribution in [0.5, 0.6) is 0 Å². The van der Waals surface area contributed by atoms with E-state index in [4.69, 9.17) is 4.42 Å². The van der Waals surface area contributed by atoms with Gasteiger partial charge in [0.25, 0.3) is 0 Å². The molecule has 5 nitrogen and oxygen atoms in total. The summed E-state index contributed by atoms with van der Waals surface area (Å²) in [6.07, 6.45) is 0.991. The second-order valence-electron chi connectivity index (χ2n) is 5.54. The molecule has 0 bridgehead atoms. The van der Waals surface area contributed by atoms with Gasteiger partial charge in [-0.15, -0.1) is 0 Å². The standard InChI is InChI=1S/C16H17NO4/c1-4-16(2,3)12-7-5-11(6-8-12)15(18)13-9-10-14(21-13)17(19)20/h5-10H,4H2,1-3H3. The summed E-state index contributed by atoms with van der Waals surface area (Å²) in [5.41, 5.74) is 1.65. The van der Waals surface area contributed by atoms with Crippen molar-refractivity contribution in [1.82, 2.24) is 0 Å². The Morgan fingerprint density at radius 1 is 1.19 bits per heavy atom. The molecule has 21 heavy (non-hydrogen) atoms. The van der Waals surface area contributed by atoms with Gasteiger partial charge in [0.1, 0.15) is 4.92 Å². The third kappa shape index (κ3) is 3.02. The minimum absolute atomic E-state index is 0.0239. The lowest BCUT2D eigenvalue weighted by atomic mass is 9.82. The van der Waals surface area contributed by atoms with Crippen molar-refractivity contribution in [1.29, 1.82) is 0 Å². The van der Waals surface area contributed by atoms with Gasteiger partial charge in [-0.2, -0.15) is 0 Å². The number of nitro groups is 1. The molecule has 0 amide bonds. The molecule has 0 spiro atoms. The van der Waals surface area contributed by atoms with Crippen molar-refractivity contribution in [3.8, 4) is 0 Å². The van der Waals surface area contributed by atoms with Gasteiger partial charge in [0.05, 0.1) is 6.07 Å². The van der Waals surface area contributed by atoms with Crippen LogP contribution in [0.15, 0.2) is 40.8 Å². The Kier molecular flexibility index (Phi) is 3.93. The Balaban J connectivity index is 2.25. The summed E-state index contributed by atoms with van der Waals surface area (Å²) in [5.74, 6) is -0.810. The first-order valence-corrected chi connectivity index (χ1v) is 6.74. The average molecular weight is 287 g/mol. The predicted molar refractivity (Wildman–Crippen MR) is 78.6 cm³/mol. The Morgan fingerprint density at radius 3 is 2.29 bits per heavy atom. The minimum atomic E-state index is -0.663. The number of benzene rings is 1. The first-order chi connectivity index (χ1) is 9.85. The van der Waals surface area contributed by atoms with Gasteiger partial charge in [0, 0.05) is 5.56 Å². The summed E-state index contributed by atoms with van der Waals surface area (Å²) in [6.45, 7) is 6.39. The van der Waals surface area contributed by atoms with Crippen LogP contribution in [0.1, 0.15) is 48.9 Å². The molecule has 5 heteroatoms. The zero-order valence-electron chi connectivity index (χ0n) is 12.3. The average Bonchev–Trinajstić information content (AvgIpc) is 2.96. The number of hydrogen-bond donors (Lipinski definition) is 0. The number of hydrogen-bond acceptors (Lipinski definition) is 4. The van der Waals surface area contributed by atoms with Crippen molar-refractivity contribution < 1.29 is 14.1 Å². The van der Waals surface area contributed by atoms with Crippen molar-refractivity contribution in [2.24, 2.45) is 0 Å². The summed E-state index contributed by atoms with van der Waals surface area (Å²) in [5, 5.41) is 10.6. The first-order valence-electron chi connectivity index (χ1n) is 6.74. The van der Waals surface area contributed by atoms with Crippen molar-refractivity contribution in [2.75, 3.05) is 0 Å². The molecule has 2 rings (SSSR count). The van der Waals surface area contributed by atoms with E-state index in [1.54, 1.807) is 12.1 Å². The molecule has 2 aromatic rings. The Hall–Kier alpha value is -2.43. The lowest BCUT2D eigenvalue weighted by Crippen LogP contribution is -2.15. The zero-order valence-corrected chi connectivity index (χ0v) is 12.3. The fourth-order valence-corrected chi connectivity index (χ4v) is 1.97. The second-order valence-corrected chi connectivity index (χ2v) is 5.54. The maximum atomic E-state index is 12.2. The van der Waals surface area contributed by atoms with Crippen molar-refractivity contribution in [2.45, 2.75) is 32.6 Å². The summed E-state index contributed by atoms with van der Waals surface area (Å²) >= 11 is 0. The first kappa shape index (κ1) is 15.0. The number of nitrogens with zero attached hydrogens (tertiary/aromatic N) is 1. The number of carbonyl (C=O) groups is 1. The van der Waals surface area contributed by atoms with Crippen LogP contribution in [-0.2, 0) is 5.41 Å². The number of ketones is 1. The quantitative estimate of drug-likeness (QED) is 0.471. The van der Waals surface area contributed by atoms with Crippen LogP contribution in [0, 0.1) is 10.1 Å². The van der Waals surface area contributed by atoms with Gasteiger partial charge in [-0.3, -0.25) is 14.9 Å². The molecule has 0 fully saturated rings. The van der Waals surface area contributed by atoms with Crippen LogP contribution >= 0.6 is 0 Å². The summed E-state index contributed by atoms with van der Waals surface area (Å²) in [6, 6.07) is 9.78. The van der Waals surface area contributed by atoms with Crippen LogP contribution < -0.4 is 0 Å². The largest absolute Gasteiger partial charge is 0.433 e. The SMILES string of the molecule is CCC(C)(C)c1ccc(C(=O)c2ccc([N+](=O)[O-])o2)cc1. The van der Waals surface area contributed by atoms with E-state index < -0.39 is 10.8 Å². The normalized spacial score (nSPS) is 11.4. The third-order valence-corrected chi connectivity index (χ3v) is 3.81. The molecule has 0 aliphatic heterocycles. The second kappa shape index (κ2) is 5.52. The Morgan fingerprint density at radius 2 is 1.81 bits per heavy atom. The molecule has 1 aromatic carbocycles. The van der Waals surface area contributed by atoms with Gasteiger partial charge in [0.2, 0.25) is 5.78 Å². The van der Waals surface area contributed by atoms with Crippen LogP contribution in [0.2, 0.25) is 0 Å². The van der Waals surface area contributed by atoms with Gasteiger partial charge in [-0.1, -0.05) is 45.0 Å². The molecule has 1 aromatic heterocycles. The van der Waals surface area contributed by atoms with E-state index in [1.165, 1.54) is 12.1 Å². The summed E-state index contributed by atoms with van der Waals surface area (Å²) in [4.78, 5) is 22.1. The molecular formula is C16H17NO4. The zero-order chi connectivity index (χ0) is 15.6. The summed E-state index contributed by atoms with van der Waals surface area (Å²) in [7, 11) is 0. The van der Waals surface area contributed by atoms with Gasteiger partial charge in [0.15, 0.2) is 5.76 Å². The van der Waals surface area contributed by atoms with Crippen LogP contribution in [0.3, 0.4) is 0 Å². The van der Waals surface area contributed by atoms with Gasteiger partial charge in [-0.25, -0.2) is 0 Å². The molecule has 0 saturated carbocycles. The molecule has 0 aliphatic carbocycles. The van der Waals surface area contributed by atoms with Crippen molar-refractivity contribution in [3.05, 3.63) is 63.4 Å². The van der Waals surface area contributed by atoms with Crippen molar-refractivity contribution in [3.63, 3.8) is 0 Å². The highest BCUT2D eigenvalue weighted by Gasteiger charge is 2.21. The number of furan rings is 1. The predicted octanol–water partition coefficient (Wildman–Crippen LogP) is 4.11. The fraction of sp³-hybridized carbons (Fsp3) is 0.312. The summed E-state index contributed by atoms with van der Waals surface area (Å²) < 4.78 is 4.93. The number of rotatable bonds is 5. The van der Waals surface area contributed by atoms with Gasteiger partial charge >= 0.3 is 5.88 Å². The lowest BCUT2D eigenvalue weighted by molar-refractivity contribution is -0.402. The molecule has 0 atom stereocenters. The Labute approximate surface area is 122 Å². The molecule has 0 aliphatic rings. The van der Waals surface area contributed by atoms with Crippen LogP contribution in [0.25, 0.3) is 0 Å². The number of carbonyl (C=O) groups excluding carboxylic acids is 1. The minimum Gasteiger partial charge on any atom is -0.397 e. The van der Waals surface area contributed by atoms with Crippen molar-refractivity contribution >= 4 is 11.7 Å². The van der Waals surface area contributed by atoms with E-state index in [9.17, 15) is 14.9 Å². The van der Waals surface area contributed by atoms with E-state index in [0.29, 0.717) is 5.56 Å². The van der Waals surface area contributed by atoms with Crippen LogP contribution in [0.4, 0.5) is 5.88 Å². The molecule has 0 radical (unpaired) electrons. The van der Waals surface area contributed by atoms with E-state index in [0.717, 1.165) is 12.0 Å². The van der Waals surface area contributed by atoms with E-state index in [2.05, 4.69) is 20.8 Å². The smallest absolute Gasteiger partial charge is 0.397 e. The van der Waals surface area contributed by atoms with E-state index >= 15 is 0 Å². The van der Waals surface area contributed by atoms with E-state index in [-0.39, 0.29) is 17.0 Å². The van der Waals surface area contributed by atoms with Gasteiger partial charge in [-0.05, 0) is 23.5 Å². The Bertz CT molecular complexity index is 668. The maximum Gasteiger partial charge on any atom is 0.433 e. The highest BCUT2D eigenvalue weighted by atomic mass is 16.6. The topological polar surface area (TPSA) is 73.3 Å². The van der Waals surface area contributed by atoms with Gasteiger partial charge < -0.3 is 4.42 Å². The molecule has 110 valence electrons. The molecule has 1 heterocycles. The molecule has 0 N–H and O–H groups in total. The fourth-order valence-electron chi connectivity index (χ4n) is 1.97.